The number of hydrogen-bond acceptors (Lipinski definition) is 6. The summed E-state index contributed by atoms with van der Waals surface area (Å²) in [5, 5.41) is 19.3. The first kappa shape index (κ1) is 14.6. The van der Waals surface area contributed by atoms with Crippen molar-refractivity contribution in [3.63, 3.8) is 0 Å². The van der Waals surface area contributed by atoms with Crippen LogP contribution in [0.25, 0.3) is 0 Å². The van der Waals surface area contributed by atoms with Crippen LogP contribution in [-0.2, 0) is 0 Å². The molecule has 6 nitrogen and oxygen atoms in total. The maximum Gasteiger partial charge on any atom is 0.205 e. The molecule has 0 fully saturated rings. The van der Waals surface area contributed by atoms with Crippen molar-refractivity contribution in [1.82, 2.24) is 0 Å². The van der Waals surface area contributed by atoms with Gasteiger partial charge >= 0.3 is 0 Å². The molecule has 1 aliphatic heterocycles. The summed E-state index contributed by atoms with van der Waals surface area (Å²) in [5.74, 6) is 0.484. The number of phenolic OH excluding ortho intramolecular Hbond substituents is 1. The average molecular weight is 309 g/mol. The number of benzene rings is 2. The van der Waals surface area contributed by atoms with E-state index in [1.807, 2.05) is 0 Å². The van der Waals surface area contributed by atoms with Gasteiger partial charge in [-0.1, -0.05) is 12.1 Å². The highest BCUT2D eigenvalue weighted by molar-refractivity contribution is 5.60. The number of nitrogen functional groups attached to an aromatic ring is 1. The van der Waals surface area contributed by atoms with E-state index in [4.69, 9.17) is 20.9 Å². The van der Waals surface area contributed by atoms with Gasteiger partial charge in [-0.25, -0.2) is 0 Å². The van der Waals surface area contributed by atoms with Crippen LogP contribution in [0, 0.1) is 11.3 Å². The van der Waals surface area contributed by atoms with E-state index in [2.05, 4.69) is 6.07 Å². The molecule has 0 radical (unpaired) electrons. The third-order valence-corrected chi connectivity index (χ3v) is 3.78. The molecule has 0 bridgehead atoms. The summed E-state index contributed by atoms with van der Waals surface area (Å²) in [5.41, 5.74) is 14.1. The van der Waals surface area contributed by atoms with Gasteiger partial charge in [-0.05, 0) is 23.8 Å². The first-order chi connectivity index (χ1) is 11.0. The van der Waals surface area contributed by atoms with Crippen molar-refractivity contribution in [3.8, 4) is 23.3 Å². The van der Waals surface area contributed by atoms with Crippen molar-refractivity contribution in [3.05, 3.63) is 59.0 Å². The summed E-state index contributed by atoms with van der Waals surface area (Å²) in [6, 6.07) is 12.2. The van der Waals surface area contributed by atoms with Crippen LogP contribution in [0.3, 0.4) is 0 Å². The molecule has 1 heterocycles. The van der Waals surface area contributed by atoms with E-state index < -0.39 is 5.92 Å². The number of nitrogens with zero attached hydrogens (tertiary/aromatic N) is 1. The van der Waals surface area contributed by atoms with Crippen LogP contribution in [0.4, 0.5) is 5.69 Å². The van der Waals surface area contributed by atoms with Gasteiger partial charge in [0.2, 0.25) is 5.88 Å². The fraction of sp³-hybridized carbons (Fsp3) is 0.118. The van der Waals surface area contributed by atoms with Crippen LogP contribution in [0.15, 0.2) is 47.9 Å². The normalized spacial score (nSPS) is 16.3. The monoisotopic (exact) mass is 309 g/mol. The Morgan fingerprint density at radius 1 is 1.22 bits per heavy atom. The van der Waals surface area contributed by atoms with Crippen LogP contribution < -0.4 is 20.9 Å². The van der Waals surface area contributed by atoms with E-state index in [-0.39, 0.29) is 11.6 Å². The lowest BCUT2D eigenvalue weighted by Gasteiger charge is -2.26. The number of phenols is 1. The molecule has 0 unspecified atom stereocenters. The Hall–Kier alpha value is -3.33. The summed E-state index contributed by atoms with van der Waals surface area (Å²) >= 11 is 0. The molecular formula is C17H15N3O3. The van der Waals surface area contributed by atoms with Gasteiger partial charge in [-0.3, -0.25) is 0 Å². The summed E-state index contributed by atoms with van der Waals surface area (Å²) < 4.78 is 10.7. The number of methoxy groups -OCH3 is 1. The van der Waals surface area contributed by atoms with Crippen molar-refractivity contribution in [2.75, 3.05) is 12.8 Å². The fourth-order valence-corrected chi connectivity index (χ4v) is 2.69. The topological polar surface area (TPSA) is 115 Å². The molecule has 0 amide bonds. The third-order valence-electron chi connectivity index (χ3n) is 3.78. The van der Waals surface area contributed by atoms with Gasteiger partial charge in [0.05, 0.1) is 13.0 Å². The van der Waals surface area contributed by atoms with Gasteiger partial charge in [0, 0.05) is 17.3 Å². The number of nitriles is 1. The van der Waals surface area contributed by atoms with Crippen LogP contribution >= 0.6 is 0 Å². The Morgan fingerprint density at radius 3 is 2.70 bits per heavy atom. The summed E-state index contributed by atoms with van der Waals surface area (Å²) in [7, 11) is 1.47. The number of nitrogens with two attached hydrogens (primary N) is 2. The molecule has 0 aliphatic carbocycles. The van der Waals surface area contributed by atoms with E-state index in [1.165, 1.54) is 13.2 Å². The molecule has 5 N–H and O–H groups in total. The number of allylic oxidation sites excluding steroid dienone is 1. The van der Waals surface area contributed by atoms with Crippen LogP contribution in [0.2, 0.25) is 0 Å². The fourth-order valence-electron chi connectivity index (χ4n) is 2.69. The van der Waals surface area contributed by atoms with Crippen LogP contribution in [0.5, 0.6) is 17.2 Å². The number of rotatable bonds is 2. The molecule has 6 heteroatoms. The van der Waals surface area contributed by atoms with Crippen molar-refractivity contribution in [2.24, 2.45) is 5.73 Å². The van der Waals surface area contributed by atoms with E-state index in [9.17, 15) is 10.4 Å². The second kappa shape index (κ2) is 5.46. The smallest absolute Gasteiger partial charge is 0.205 e. The van der Waals surface area contributed by atoms with Crippen LogP contribution in [-0.4, -0.2) is 12.2 Å². The van der Waals surface area contributed by atoms with Crippen molar-refractivity contribution < 1.29 is 14.6 Å². The SMILES string of the molecule is COc1cc([C@H]2C(C#N)=C(N)Oc3cc(N)ccc32)ccc1O. The molecule has 23 heavy (non-hydrogen) atoms. The number of ether oxygens (including phenoxy) is 2. The van der Waals surface area contributed by atoms with Gasteiger partial charge in [0.25, 0.3) is 0 Å². The van der Waals surface area contributed by atoms with Gasteiger partial charge in [0.15, 0.2) is 11.5 Å². The van der Waals surface area contributed by atoms with Gasteiger partial charge < -0.3 is 26.0 Å². The van der Waals surface area contributed by atoms with Crippen molar-refractivity contribution in [2.45, 2.75) is 5.92 Å². The minimum Gasteiger partial charge on any atom is -0.504 e. The molecule has 0 saturated carbocycles. The zero-order valence-electron chi connectivity index (χ0n) is 12.4. The maximum absolute atomic E-state index is 9.77. The second-order valence-corrected chi connectivity index (χ2v) is 5.15. The van der Waals surface area contributed by atoms with Gasteiger partial charge in [0.1, 0.15) is 17.4 Å². The quantitative estimate of drug-likeness (QED) is 0.733. The zero-order valence-corrected chi connectivity index (χ0v) is 12.4. The summed E-state index contributed by atoms with van der Waals surface area (Å²) in [6.07, 6.45) is 0. The first-order valence-corrected chi connectivity index (χ1v) is 6.89. The predicted molar refractivity (Wildman–Crippen MR) is 84.8 cm³/mol. The lowest BCUT2D eigenvalue weighted by molar-refractivity contribution is 0.372. The second-order valence-electron chi connectivity index (χ2n) is 5.15. The lowest BCUT2D eigenvalue weighted by Crippen LogP contribution is -2.21. The van der Waals surface area contributed by atoms with Crippen molar-refractivity contribution >= 4 is 5.69 Å². The molecular weight excluding hydrogens is 294 g/mol. The highest BCUT2D eigenvalue weighted by atomic mass is 16.5. The van der Waals surface area contributed by atoms with E-state index in [0.717, 1.165) is 11.1 Å². The highest BCUT2D eigenvalue weighted by Crippen LogP contribution is 2.44. The molecule has 1 atom stereocenters. The average Bonchev–Trinajstić information content (AvgIpc) is 2.54. The Morgan fingerprint density at radius 2 is 2.00 bits per heavy atom. The Balaban J connectivity index is 2.22. The van der Waals surface area contributed by atoms with Crippen molar-refractivity contribution in [1.29, 1.82) is 5.26 Å². The van der Waals surface area contributed by atoms with E-state index in [0.29, 0.717) is 22.8 Å². The molecule has 116 valence electrons. The molecule has 0 spiro atoms. The Bertz CT molecular complexity index is 853. The highest BCUT2D eigenvalue weighted by Gasteiger charge is 2.31. The van der Waals surface area contributed by atoms with E-state index in [1.54, 1.807) is 30.3 Å². The van der Waals surface area contributed by atoms with Gasteiger partial charge in [-0.15, -0.1) is 0 Å². The number of anilines is 1. The maximum atomic E-state index is 9.77. The molecule has 0 aromatic heterocycles. The molecule has 1 aliphatic rings. The first-order valence-electron chi connectivity index (χ1n) is 6.89. The minimum absolute atomic E-state index is 0.0244. The lowest BCUT2D eigenvalue weighted by atomic mass is 9.83. The summed E-state index contributed by atoms with van der Waals surface area (Å²) in [4.78, 5) is 0. The zero-order chi connectivity index (χ0) is 16.6. The molecule has 2 aromatic carbocycles. The Kier molecular flexibility index (Phi) is 3.47. The van der Waals surface area contributed by atoms with Gasteiger partial charge in [-0.2, -0.15) is 5.26 Å². The Labute approximate surface area is 133 Å². The summed E-state index contributed by atoms with van der Waals surface area (Å²) in [6.45, 7) is 0. The number of hydrogen-bond donors (Lipinski definition) is 3. The number of aromatic hydroxyl groups is 1. The van der Waals surface area contributed by atoms with E-state index >= 15 is 0 Å². The molecule has 2 aromatic rings. The number of fused-ring (bicyclic) bond motifs is 1. The minimum atomic E-state index is -0.418. The molecule has 3 rings (SSSR count). The standard InChI is InChI=1S/C17H15N3O3/c1-22-15-6-9(2-5-13(15)21)16-11-4-3-10(19)7-14(11)23-17(20)12(16)8-18/h2-7,16,21H,19-20H2,1H3/t16-/m1/s1. The molecule has 0 saturated heterocycles. The third kappa shape index (κ3) is 2.38. The largest absolute Gasteiger partial charge is 0.504 e. The predicted octanol–water partition coefficient (Wildman–Crippen LogP) is 2.20. The van der Waals surface area contributed by atoms with Crippen LogP contribution in [0.1, 0.15) is 17.0 Å².